The summed E-state index contributed by atoms with van der Waals surface area (Å²) in [6, 6.07) is 22.2. The Hall–Kier alpha value is -3.66. The van der Waals surface area contributed by atoms with Crippen molar-refractivity contribution in [2.75, 3.05) is 32.3 Å². The third-order valence-corrected chi connectivity index (χ3v) is 15.1. The molecule has 2 amide bonds. The Morgan fingerprint density at radius 2 is 1.79 bits per heavy atom. The largest absolute Gasteiger partial charge is 0.497 e. The maximum absolute atomic E-state index is 14.5. The number of methoxy groups -OCH3 is 2. The number of hydrogen-bond donors (Lipinski definition) is 1. The van der Waals surface area contributed by atoms with Gasteiger partial charge in [-0.25, -0.2) is 0 Å². The van der Waals surface area contributed by atoms with Crippen molar-refractivity contribution in [1.82, 2.24) is 4.90 Å². The molecule has 47 heavy (non-hydrogen) atoms. The quantitative estimate of drug-likeness (QED) is 0.301. The van der Waals surface area contributed by atoms with Gasteiger partial charge in [0, 0.05) is 55.8 Å². The van der Waals surface area contributed by atoms with Crippen LogP contribution in [0.1, 0.15) is 55.4 Å². The number of aliphatic hydroxyl groups is 1. The number of hydrogen-bond acceptors (Lipinski definition) is 6. The molecule has 3 aliphatic heterocycles. The first-order valence-corrected chi connectivity index (χ1v) is 20.0. The van der Waals surface area contributed by atoms with Gasteiger partial charge in [-0.2, -0.15) is 0 Å². The molecule has 5 atom stereocenters. The van der Waals surface area contributed by atoms with Crippen LogP contribution in [0.3, 0.4) is 0 Å². The van der Waals surface area contributed by atoms with Crippen molar-refractivity contribution in [3.05, 3.63) is 83.4 Å². The molecule has 3 aromatic rings. The van der Waals surface area contributed by atoms with Crippen LogP contribution in [0.5, 0.6) is 11.5 Å². The van der Waals surface area contributed by atoms with Gasteiger partial charge in [0.25, 0.3) is 0 Å². The van der Waals surface area contributed by atoms with Crippen molar-refractivity contribution in [3.8, 4) is 11.5 Å². The van der Waals surface area contributed by atoms with E-state index in [0.717, 1.165) is 47.7 Å². The molecule has 1 saturated heterocycles. The van der Waals surface area contributed by atoms with Crippen LogP contribution < -0.4 is 19.6 Å². The molecular weight excluding hydrogens is 609 g/mol. The second-order valence-electron chi connectivity index (χ2n) is 13.9. The monoisotopic (exact) mass is 656 g/mol. The number of carbonyl (C=O) groups excluding carboxylic acids is 2. The molecule has 3 heterocycles. The van der Waals surface area contributed by atoms with Gasteiger partial charge in [-0.15, -0.1) is 0 Å². The highest BCUT2D eigenvalue weighted by atomic mass is 28.3. The summed E-state index contributed by atoms with van der Waals surface area (Å²) in [6.45, 7) is 7.92. The Bertz CT molecular complexity index is 1590. The molecule has 0 aromatic heterocycles. The molecule has 3 aliphatic rings. The summed E-state index contributed by atoms with van der Waals surface area (Å²) in [6.07, 6.45) is 2.86. The van der Waals surface area contributed by atoms with Crippen LogP contribution in [-0.2, 0) is 27.3 Å². The van der Waals surface area contributed by atoms with Crippen LogP contribution in [0, 0.1) is 5.92 Å². The van der Waals surface area contributed by atoms with Gasteiger partial charge < -0.3 is 29.1 Å². The van der Waals surface area contributed by atoms with Gasteiger partial charge >= 0.3 is 0 Å². The van der Waals surface area contributed by atoms with Gasteiger partial charge in [0.15, 0.2) is 0 Å². The molecule has 0 bridgehead atoms. The number of rotatable bonds is 9. The first-order chi connectivity index (χ1) is 22.7. The number of anilines is 1. The SMILES string of the molecule is COc1ccc([Si](C)(C)C(CC(=O)N2Cc3ccccc3C[C@H]2CO)[C@H]2Oc3ccc(N4CCCCC4=O)cc3[C@@H](OC)[C@@H]2C)cc1. The third kappa shape index (κ3) is 6.45. The number of aliphatic hydroxyl groups excluding tert-OH is 1. The minimum atomic E-state index is -2.41. The molecular formula is C38H48N2O6Si. The van der Waals surface area contributed by atoms with Gasteiger partial charge in [-0.05, 0) is 60.7 Å². The molecule has 0 spiro atoms. The van der Waals surface area contributed by atoms with Crippen molar-refractivity contribution in [2.24, 2.45) is 5.92 Å². The molecule has 1 N–H and O–H groups in total. The third-order valence-electron chi connectivity index (χ3n) is 10.9. The molecule has 0 saturated carbocycles. The van der Waals surface area contributed by atoms with E-state index < -0.39 is 8.07 Å². The van der Waals surface area contributed by atoms with Crippen molar-refractivity contribution >= 4 is 30.8 Å². The summed E-state index contributed by atoms with van der Waals surface area (Å²) in [5.74, 6) is 1.65. The number of benzene rings is 3. The van der Waals surface area contributed by atoms with Gasteiger partial charge in [-0.1, -0.05) is 61.6 Å². The lowest BCUT2D eigenvalue weighted by Gasteiger charge is -2.46. The summed E-state index contributed by atoms with van der Waals surface area (Å²) in [5.41, 5.74) is 4.03. The lowest BCUT2D eigenvalue weighted by atomic mass is 9.86. The number of carbonyl (C=O) groups is 2. The summed E-state index contributed by atoms with van der Waals surface area (Å²) < 4.78 is 18.6. The second-order valence-corrected chi connectivity index (χ2v) is 18.7. The van der Waals surface area contributed by atoms with E-state index in [4.69, 9.17) is 14.2 Å². The molecule has 1 fully saturated rings. The standard InChI is InChI=1S/C38H48N2O6Si/c1-25-37(45-3)32-21-28(39-19-9-8-12-35(39)42)13-18-33(32)46-38(25)34(47(4,5)31-16-14-30(44-2)15-17-31)22-36(43)40-23-27-11-7-6-10-26(27)20-29(40)24-41/h6-7,10-11,13-18,21,25,29,34,37-38,41H,8-9,12,19-20,22-24H2,1-5H3/t25-,29-,34?,37-,38-/m0/s1. The fraction of sp³-hybridized carbons (Fsp3) is 0.474. The van der Waals surface area contributed by atoms with Crippen LogP contribution in [0.2, 0.25) is 18.6 Å². The Labute approximate surface area is 279 Å². The highest BCUT2D eigenvalue weighted by Crippen LogP contribution is 2.48. The minimum Gasteiger partial charge on any atom is -0.497 e. The van der Waals surface area contributed by atoms with E-state index in [2.05, 4.69) is 50.3 Å². The van der Waals surface area contributed by atoms with E-state index in [9.17, 15) is 14.7 Å². The zero-order valence-corrected chi connectivity index (χ0v) is 29.3. The van der Waals surface area contributed by atoms with Crippen molar-refractivity contribution in [1.29, 1.82) is 0 Å². The van der Waals surface area contributed by atoms with E-state index in [-0.39, 0.29) is 48.1 Å². The van der Waals surface area contributed by atoms with E-state index in [1.807, 2.05) is 46.2 Å². The lowest BCUT2D eigenvalue weighted by Crippen LogP contribution is -2.56. The van der Waals surface area contributed by atoms with E-state index in [1.165, 1.54) is 10.8 Å². The fourth-order valence-electron chi connectivity index (χ4n) is 7.98. The van der Waals surface area contributed by atoms with Gasteiger partial charge in [0.1, 0.15) is 17.6 Å². The van der Waals surface area contributed by atoms with Crippen LogP contribution in [0.4, 0.5) is 5.69 Å². The van der Waals surface area contributed by atoms with Gasteiger partial charge in [-0.3, -0.25) is 9.59 Å². The smallest absolute Gasteiger partial charge is 0.226 e. The molecule has 8 nitrogen and oxygen atoms in total. The highest BCUT2D eigenvalue weighted by molar-refractivity contribution is 6.91. The predicted octanol–water partition coefficient (Wildman–Crippen LogP) is 5.62. The Balaban J connectivity index is 1.36. The van der Waals surface area contributed by atoms with Crippen LogP contribution >= 0.6 is 0 Å². The number of ether oxygens (including phenoxy) is 3. The Kier molecular flexibility index (Phi) is 9.78. The molecule has 0 aliphatic carbocycles. The first-order valence-electron chi connectivity index (χ1n) is 16.9. The normalized spacial score (nSPS) is 23.4. The van der Waals surface area contributed by atoms with Crippen LogP contribution in [-0.4, -0.2) is 69.4 Å². The van der Waals surface area contributed by atoms with Gasteiger partial charge in [0.2, 0.25) is 11.8 Å². The van der Waals surface area contributed by atoms with E-state index in [0.29, 0.717) is 25.8 Å². The van der Waals surface area contributed by atoms with E-state index >= 15 is 0 Å². The average Bonchev–Trinajstić information content (AvgIpc) is 3.09. The van der Waals surface area contributed by atoms with Crippen LogP contribution in [0.25, 0.3) is 0 Å². The zero-order valence-electron chi connectivity index (χ0n) is 28.3. The Morgan fingerprint density at radius 1 is 1.04 bits per heavy atom. The second kappa shape index (κ2) is 13.8. The molecule has 0 radical (unpaired) electrons. The predicted molar refractivity (Wildman–Crippen MR) is 186 cm³/mol. The van der Waals surface area contributed by atoms with E-state index in [1.54, 1.807) is 14.2 Å². The topological polar surface area (TPSA) is 88.5 Å². The zero-order chi connectivity index (χ0) is 33.3. The number of piperidine rings is 1. The maximum Gasteiger partial charge on any atom is 0.226 e. The lowest BCUT2D eigenvalue weighted by molar-refractivity contribution is -0.136. The summed E-state index contributed by atoms with van der Waals surface area (Å²) >= 11 is 0. The van der Waals surface area contributed by atoms with Crippen molar-refractivity contribution < 1.29 is 28.9 Å². The Morgan fingerprint density at radius 3 is 2.47 bits per heavy atom. The number of amides is 2. The average molecular weight is 657 g/mol. The molecule has 1 unspecified atom stereocenters. The van der Waals surface area contributed by atoms with Crippen molar-refractivity contribution in [2.45, 2.75) is 82.5 Å². The maximum atomic E-state index is 14.5. The van der Waals surface area contributed by atoms with Gasteiger partial charge in [0.05, 0.1) is 33.9 Å². The summed E-state index contributed by atoms with van der Waals surface area (Å²) in [4.78, 5) is 31.0. The highest BCUT2D eigenvalue weighted by Gasteiger charge is 2.49. The number of fused-ring (bicyclic) bond motifs is 2. The fourth-order valence-corrected chi connectivity index (χ4v) is 11.3. The summed E-state index contributed by atoms with van der Waals surface area (Å²) in [7, 11) is 0.985. The minimum absolute atomic E-state index is 0.0344. The summed E-state index contributed by atoms with van der Waals surface area (Å²) in [5, 5.41) is 11.6. The molecule has 6 rings (SSSR count). The molecule has 9 heteroatoms. The first kappa shape index (κ1) is 33.2. The molecule has 250 valence electrons. The van der Waals surface area contributed by atoms with Crippen LogP contribution in [0.15, 0.2) is 66.7 Å². The van der Waals surface area contributed by atoms with Crippen molar-refractivity contribution in [3.63, 3.8) is 0 Å². The number of nitrogens with zero attached hydrogens (tertiary/aromatic N) is 2. The molecule has 3 aromatic carbocycles.